The molecule has 19 nitrogen and oxygen atoms in total. The second kappa shape index (κ2) is 26.8. The molecular weight excluding hydrogens is 998 g/mol. The van der Waals surface area contributed by atoms with Crippen LogP contribution in [0.4, 0.5) is 4.39 Å². The zero-order valence-corrected chi connectivity index (χ0v) is 47.6. The number of halogens is 1. The molecule has 0 amide bonds. The zero-order chi connectivity index (χ0) is 56.7. The van der Waals surface area contributed by atoms with Crippen molar-refractivity contribution in [1.29, 1.82) is 0 Å². The Labute approximate surface area is 454 Å². The Morgan fingerprint density at radius 3 is 2.16 bits per heavy atom. The molecule has 4 heterocycles. The number of nitrogens with zero attached hydrogens (tertiary/aromatic N) is 5. The Bertz CT molecular complexity index is 2290. The van der Waals surface area contributed by atoms with Crippen molar-refractivity contribution < 1.29 is 73.0 Å². The van der Waals surface area contributed by atoms with Gasteiger partial charge in [0.15, 0.2) is 12.6 Å². The number of aromatic nitrogens is 3. The van der Waals surface area contributed by atoms with E-state index in [4.69, 9.17) is 33.2 Å². The highest BCUT2D eigenvalue weighted by molar-refractivity contribution is 5.73. The summed E-state index contributed by atoms with van der Waals surface area (Å²) in [5.41, 5.74) is -0.430. The summed E-state index contributed by atoms with van der Waals surface area (Å²) in [6, 6.07) is 13.4. The highest BCUT2D eigenvalue weighted by Gasteiger charge is 2.51. The predicted molar refractivity (Wildman–Crippen MR) is 285 cm³/mol. The molecule has 0 bridgehead atoms. The molecule has 0 radical (unpaired) electrons. The van der Waals surface area contributed by atoms with Gasteiger partial charge in [-0.25, -0.2) is 9.07 Å². The van der Waals surface area contributed by atoms with Crippen LogP contribution in [0, 0.1) is 11.8 Å². The van der Waals surface area contributed by atoms with E-state index in [1.165, 1.54) is 25.8 Å². The minimum Gasteiger partial charge on any atom is -0.459 e. The molecule has 19 atom stereocenters. The van der Waals surface area contributed by atoms with E-state index in [0.29, 0.717) is 31.6 Å². The quantitative estimate of drug-likeness (QED) is 0.0984. The largest absolute Gasteiger partial charge is 0.459 e. The number of methoxy groups -OCH3 is 2. The van der Waals surface area contributed by atoms with E-state index in [2.05, 4.69) is 10.3 Å². The molecule has 3 aliphatic rings. The minimum atomic E-state index is -1.85. The summed E-state index contributed by atoms with van der Waals surface area (Å²) < 4.78 is 60.3. The van der Waals surface area contributed by atoms with Gasteiger partial charge < -0.3 is 73.6 Å². The molecule has 0 saturated carbocycles. The Morgan fingerprint density at radius 1 is 0.909 bits per heavy atom. The molecule has 3 saturated heterocycles. The number of alkyl halides is 1. The van der Waals surface area contributed by atoms with Gasteiger partial charge in [-0.3, -0.25) is 4.79 Å². The van der Waals surface area contributed by atoms with Crippen LogP contribution in [-0.4, -0.2) is 200 Å². The fraction of sp³-hybridized carbons (Fsp3) is 0.737. The average Bonchev–Trinajstić information content (AvgIpc) is 3.88. The third-order valence-corrected chi connectivity index (χ3v) is 16.8. The molecule has 20 heteroatoms. The first-order valence-corrected chi connectivity index (χ1v) is 27.4. The number of rotatable bonds is 17. The van der Waals surface area contributed by atoms with Gasteiger partial charge >= 0.3 is 5.97 Å². The molecule has 1 aromatic heterocycles. The maximum atomic E-state index is 15.0. The van der Waals surface area contributed by atoms with Crippen LogP contribution in [0.5, 0.6) is 0 Å². The van der Waals surface area contributed by atoms with Gasteiger partial charge in [0.25, 0.3) is 0 Å². The van der Waals surface area contributed by atoms with Crippen LogP contribution in [0.2, 0.25) is 0 Å². The summed E-state index contributed by atoms with van der Waals surface area (Å²) in [7, 11) is 6.73. The lowest BCUT2D eigenvalue weighted by Gasteiger charge is -2.47. The Balaban J connectivity index is 1.22. The number of aliphatic hydroxyl groups excluding tert-OH is 4. The molecular formula is C57H90FN5O14. The van der Waals surface area contributed by atoms with Crippen LogP contribution in [-0.2, 0) is 51.0 Å². The van der Waals surface area contributed by atoms with Crippen molar-refractivity contribution in [3.8, 4) is 11.1 Å². The van der Waals surface area contributed by atoms with Gasteiger partial charge in [-0.2, -0.15) is 0 Å². The number of hydrogen-bond acceptors (Lipinski definition) is 18. The standard InChI is InChI=1S/C57H90FN5O14/c1-14-46-57(9,70)51(66)36(5)62(11)30-33(2)27-55(7,69)47(26-45(35(4)53(68)76-46)75-48-28-56(8,72-13)52(67)37(6)74-48)77-54-49(65)43(25-34(3)73-54)61(10)24-23-42-31-63(60-59-42)44(29-58)50(71-12)41-21-19-40(20-22-41)39-17-15-38(32-64)16-18-39/h15-22,31,33-37,43-52,54,64-67,69-70H,14,23-30,32H2,1-13H3/t33-,34-,35-,36-,37+,43+,44-,45+,46-,47-,48+,49-,50-,51-,52+,54+,55-,56-,57-/m1/s1. The summed E-state index contributed by atoms with van der Waals surface area (Å²) in [4.78, 5) is 18.3. The molecule has 77 heavy (non-hydrogen) atoms. The van der Waals surface area contributed by atoms with Crippen LogP contribution >= 0.6 is 0 Å². The summed E-state index contributed by atoms with van der Waals surface area (Å²) in [6.07, 6.45) is -8.04. The smallest absolute Gasteiger partial charge is 0.311 e. The van der Waals surface area contributed by atoms with Crippen LogP contribution in [0.15, 0.2) is 54.7 Å². The van der Waals surface area contributed by atoms with Gasteiger partial charge in [-0.1, -0.05) is 67.6 Å². The summed E-state index contributed by atoms with van der Waals surface area (Å²) in [5.74, 6) is -2.01. The van der Waals surface area contributed by atoms with Crippen molar-refractivity contribution in [3.63, 3.8) is 0 Å². The van der Waals surface area contributed by atoms with Gasteiger partial charge in [-0.15, -0.1) is 5.10 Å². The summed E-state index contributed by atoms with van der Waals surface area (Å²) >= 11 is 0. The molecule has 2 aromatic carbocycles. The number of aliphatic hydroxyl groups is 6. The Kier molecular flexibility index (Phi) is 21.8. The van der Waals surface area contributed by atoms with Crippen molar-refractivity contribution >= 4 is 5.97 Å². The maximum absolute atomic E-state index is 15.0. The van der Waals surface area contributed by atoms with Gasteiger partial charge in [0.1, 0.15) is 48.8 Å². The molecule has 3 fully saturated rings. The Hall–Kier alpha value is -3.58. The van der Waals surface area contributed by atoms with Gasteiger partial charge in [0.05, 0.1) is 53.8 Å². The number of esters is 1. The predicted octanol–water partition coefficient (Wildman–Crippen LogP) is 4.92. The third kappa shape index (κ3) is 14.9. The van der Waals surface area contributed by atoms with Crippen molar-refractivity contribution in [1.82, 2.24) is 24.8 Å². The zero-order valence-electron chi connectivity index (χ0n) is 47.6. The van der Waals surface area contributed by atoms with Crippen LogP contribution < -0.4 is 0 Å². The molecule has 6 rings (SSSR count). The monoisotopic (exact) mass is 1090 g/mol. The number of carbonyl (C=O) groups is 1. The average molecular weight is 1090 g/mol. The highest BCUT2D eigenvalue weighted by atomic mass is 19.1. The SMILES string of the molecule is CC[C@H]1OC(=O)[C@H](C)[C@@H](O[C@H]2C[C@@](C)(OC)[C@@H](O)[C@H](C)O2)C[C@@H](O[C@@H]2O[C@H](C)C[C@H](N(C)CCc3cn([C@H](CF)[C@H](OC)c4ccc(-c5ccc(CO)cc5)cc4)nn3)[C@H]2O)[C@](C)(O)C[C@@H](C)CN(C)[C@H](C)[C@@H](O)[C@]1(C)O. The van der Waals surface area contributed by atoms with Crippen molar-refractivity contribution in [3.05, 3.63) is 71.5 Å². The number of benzene rings is 2. The van der Waals surface area contributed by atoms with E-state index in [0.717, 1.165) is 22.3 Å². The fourth-order valence-electron chi connectivity index (χ4n) is 11.6. The van der Waals surface area contributed by atoms with Crippen LogP contribution in [0.25, 0.3) is 11.1 Å². The van der Waals surface area contributed by atoms with Gasteiger partial charge in [0, 0.05) is 64.9 Å². The fourth-order valence-corrected chi connectivity index (χ4v) is 11.6. The second-order valence-electron chi connectivity index (χ2n) is 23.0. The first-order valence-electron chi connectivity index (χ1n) is 27.4. The number of carbonyl (C=O) groups excluding carboxylic acids is 1. The van der Waals surface area contributed by atoms with E-state index >= 15 is 0 Å². The lowest BCUT2D eigenvalue weighted by atomic mass is 9.83. The molecule has 0 unspecified atom stereocenters. The molecule has 3 aliphatic heterocycles. The molecule has 6 N–H and O–H groups in total. The lowest BCUT2D eigenvalue weighted by Crippen LogP contribution is -2.59. The van der Waals surface area contributed by atoms with E-state index < -0.39 is 121 Å². The van der Waals surface area contributed by atoms with Crippen molar-refractivity contribution in [2.24, 2.45) is 11.8 Å². The molecule has 3 aromatic rings. The normalized spacial score (nSPS) is 37.2. The molecule has 434 valence electrons. The van der Waals surface area contributed by atoms with Gasteiger partial charge in [-0.05, 0) is 110 Å². The molecule has 0 aliphatic carbocycles. The van der Waals surface area contributed by atoms with Crippen molar-refractivity contribution in [2.75, 3.05) is 48.1 Å². The van der Waals surface area contributed by atoms with E-state index in [1.54, 1.807) is 47.7 Å². The van der Waals surface area contributed by atoms with Crippen LogP contribution in [0.1, 0.15) is 123 Å². The first-order chi connectivity index (χ1) is 36.3. The minimum absolute atomic E-state index is 0.0371. The van der Waals surface area contributed by atoms with Crippen molar-refractivity contribution in [2.45, 2.75) is 210 Å². The summed E-state index contributed by atoms with van der Waals surface area (Å²) in [6.45, 7) is 15.6. The number of ether oxygens (including phenoxy) is 7. The maximum Gasteiger partial charge on any atom is 0.311 e. The van der Waals surface area contributed by atoms with E-state index in [1.807, 2.05) is 86.3 Å². The third-order valence-electron chi connectivity index (χ3n) is 16.8. The topological polar surface area (TPSA) is 240 Å². The van der Waals surface area contributed by atoms with E-state index in [9.17, 15) is 39.8 Å². The second-order valence-corrected chi connectivity index (χ2v) is 23.0. The lowest BCUT2D eigenvalue weighted by molar-refractivity contribution is -0.308. The number of likely N-dealkylation sites (N-methyl/N-ethyl adjacent to an activating group) is 2. The summed E-state index contributed by atoms with van der Waals surface area (Å²) in [5, 5.41) is 77.7. The Morgan fingerprint density at radius 2 is 1.56 bits per heavy atom. The highest BCUT2D eigenvalue weighted by Crippen LogP contribution is 2.39. The molecule has 0 spiro atoms. The van der Waals surface area contributed by atoms with Crippen LogP contribution in [0.3, 0.4) is 0 Å². The van der Waals surface area contributed by atoms with Gasteiger partial charge in [0.2, 0.25) is 0 Å². The number of cyclic esters (lactones) is 1. The first kappa shape index (κ1) is 62.6. The van der Waals surface area contributed by atoms with E-state index in [-0.39, 0.29) is 38.2 Å². The number of hydrogen-bond donors (Lipinski definition) is 6.